The van der Waals surface area contributed by atoms with Gasteiger partial charge in [-0.25, -0.2) is 18.9 Å². The average molecular weight is 480 g/mol. The minimum atomic E-state index is -3.54. The second-order valence-electron chi connectivity index (χ2n) is 8.36. The molecule has 1 fully saturated rings. The quantitative estimate of drug-likeness (QED) is 0.333. The van der Waals surface area contributed by atoms with Crippen LogP contribution in [-0.4, -0.2) is 72.3 Å². The third kappa shape index (κ3) is 5.74. The molecule has 2 rings (SSSR count). The second kappa shape index (κ2) is 9.96. The minimum absolute atomic E-state index is 0.0428. The van der Waals surface area contributed by atoms with Gasteiger partial charge in [-0.1, -0.05) is 13.5 Å². The molecule has 0 aromatic heterocycles. The first kappa shape index (κ1) is 26.4. The number of esters is 1. The molecule has 2 unspecified atom stereocenters. The lowest BCUT2D eigenvalue weighted by Crippen LogP contribution is -2.44. The van der Waals surface area contributed by atoms with E-state index in [0.717, 1.165) is 11.1 Å². The van der Waals surface area contributed by atoms with Crippen LogP contribution in [0, 0.1) is 5.41 Å². The van der Waals surface area contributed by atoms with Crippen LogP contribution in [0.15, 0.2) is 29.4 Å². The Bertz CT molecular complexity index is 854. The van der Waals surface area contributed by atoms with Gasteiger partial charge in [-0.2, -0.15) is 0 Å². The molecule has 0 aromatic carbocycles. The van der Waals surface area contributed by atoms with Gasteiger partial charge < -0.3 is 29.7 Å². The van der Waals surface area contributed by atoms with Crippen LogP contribution in [0.3, 0.4) is 0 Å². The molecule has 0 saturated carbocycles. The number of aliphatic imine (C=N–C) groups is 1. The number of nitrogens with one attached hydrogen (secondary N) is 1. The van der Waals surface area contributed by atoms with Crippen LogP contribution in [0.1, 0.15) is 27.7 Å². The highest BCUT2D eigenvalue weighted by Crippen LogP contribution is 2.46. The number of carbonyl (C=O) groups excluding carboxylic acids is 1. The van der Waals surface area contributed by atoms with E-state index in [0.29, 0.717) is 0 Å². The Hall–Kier alpha value is -1.85. The zero-order valence-electron chi connectivity index (χ0n) is 18.7. The van der Waals surface area contributed by atoms with Crippen molar-refractivity contribution in [3.05, 3.63) is 24.4 Å². The molecule has 13 heteroatoms. The van der Waals surface area contributed by atoms with E-state index in [1.54, 1.807) is 13.8 Å². The molecule has 0 amide bonds. The van der Waals surface area contributed by atoms with Crippen molar-refractivity contribution in [3.63, 3.8) is 0 Å². The first-order chi connectivity index (χ1) is 14.7. The van der Waals surface area contributed by atoms with E-state index in [9.17, 15) is 18.9 Å². The summed E-state index contributed by atoms with van der Waals surface area (Å²) in [7, 11) is -3.54. The van der Waals surface area contributed by atoms with Crippen molar-refractivity contribution in [3.8, 4) is 0 Å². The van der Waals surface area contributed by atoms with Crippen molar-refractivity contribution in [1.29, 1.82) is 0 Å². The van der Waals surface area contributed by atoms with Gasteiger partial charge >= 0.3 is 5.97 Å². The molecule has 0 spiro atoms. The number of amidine groups is 1. The van der Waals surface area contributed by atoms with Crippen LogP contribution >= 0.6 is 7.52 Å². The summed E-state index contributed by atoms with van der Waals surface area (Å²) in [6.07, 6.45) is -3.67. The van der Waals surface area contributed by atoms with Crippen LogP contribution in [0.4, 0.5) is 8.78 Å². The van der Waals surface area contributed by atoms with Gasteiger partial charge in [0.05, 0.1) is 30.8 Å². The number of carbonyl (C=O) groups is 1. The Labute approximate surface area is 186 Å². The molecule has 10 nitrogen and oxygen atoms in total. The van der Waals surface area contributed by atoms with Crippen molar-refractivity contribution in [1.82, 2.24) is 9.99 Å². The molecule has 0 aliphatic carbocycles. The number of aliphatic hydroxyl groups is 1. The zero-order valence-corrected chi connectivity index (χ0v) is 19.6. The lowest BCUT2D eigenvalue weighted by atomic mass is 9.82. The van der Waals surface area contributed by atoms with Gasteiger partial charge in [0.15, 0.2) is 24.1 Å². The molecule has 0 radical (unpaired) electrons. The first-order valence-corrected chi connectivity index (χ1v) is 12.1. The fourth-order valence-electron chi connectivity index (χ4n) is 3.24. The predicted octanol–water partition coefficient (Wildman–Crippen LogP) is 1.77. The summed E-state index contributed by atoms with van der Waals surface area (Å²) >= 11 is 0. The number of nitrogens with zero attached hydrogens (tertiary/aromatic N) is 2. The van der Waals surface area contributed by atoms with E-state index in [2.05, 4.69) is 16.7 Å². The fourth-order valence-corrected chi connectivity index (χ4v) is 4.54. The monoisotopic (exact) mass is 480 g/mol. The van der Waals surface area contributed by atoms with E-state index >= 15 is 4.39 Å². The second-order valence-corrected chi connectivity index (χ2v) is 10.6. The molecular weight excluding hydrogens is 449 g/mol. The zero-order chi connectivity index (χ0) is 24.4. The topological polar surface area (TPSA) is 136 Å². The number of aliphatic hydroxyl groups excluding tert-OH is 1. The molecule has 2 heterocycles. The summed E-state index contributed by atoms with van der Waals surface area (Å²) in [6.45, 7) is 10.1. The molecule has 2 aliphatic rings. The van der Waals surface area contributed by atoms with Crippen molar-refractivity contribution in [2.24, 2.45) is 16.1 Å². The number of rotatable bonds is 9. The largest absolute Gasteiger partial charge is 0.462 e. The maximum atomic E-state index is 15.3. The lowest BCUT2D eigenvalue weighted by Gasteiger charge is -2.32. The number of alkyl halides is 1. The predicted molar refractivity (Wildman–Crippen MR) is 114 cm³/mol. The highest BCUT2D eigenvalue weighted by molar-refractivity contribution is 7.56. The molecule has 6 atom stereocenters. The Balaban J connectivity index is 2.10. The van der Waals surface area contributed by atoms with Crippen LogP contribution in [-0.2, 0) is 23.4 Å². The van der Waals surface area contributed by atoms with E-state index in [1.165, 1.54) is 20.5 Å². The summed E-state index contributed by atoms with van der Waals surface area (Å²) in [5.74, 6) is -1.93. The Morgan fingerprint density at radius 1 is 1.53 bits per heavy atom. The highest BCUT2D eigenvalue weighted by Gasteiger charge is 2.56. The number of ether oxygens (including phenoxy) is 2. The molecule has 0 bridgehead atoms. The Morgan fingerprint density at radius 2 is 2.16 bits per heavy atom. The van der Waals surface area contributed by atoms with Gasteiger partial charge in [0, 0.05) is 12.9 Å². The summed E-state index contributed by atoms with van der Waals surface area (Å²) in [5, 5.41) is 12.4. The molecule has 32 heavy (non-hydrogen) atoms. The average Bonchev–Trinajstić information content (AvgIpc) is 2.93. The SMILES string of the molecule is C=C1N=C(N)C(F)=CN1[C@@H]1O[C@H](COP(C)(=O)N[C@@H](C)C(=O)OC(C)C)[C@](C)(CO)C1F. The lowest BCUT2D eigenvalue weighted by molar-refractivity contribution is -0.149. The van der Waals surface area contributed by atoms with Crippen LogP contribution in [0.5, 0.6) is 0 Å². The van der Waals surface area contributed by atoms with Gasteiger partial charge in [0.2, 0.25) is 0 Å². The van der Waals surface area contributed by atoms with Crippen LogP contribution in [0.25, 0.3) is 0 Å². The van der Waals surface area contributed by atoms with Crippen molar-refractivity contribution < 1.29 is 37.2 Å². The van der Waals surface area contributed by atoms with Crippen LogP contribution < -0.4 is 10.8 Å². The van der Waals surface area contributed by atoms with Crippen molar-refractivity contribution in [2.75, 3.05) is 19.9 Å². The van der Waals surface area contributed by atoms with Gasteiger partial charge in [-0.3, -0.25) is 9.36 Å². The Morgan fingerprint density at radius 3 is 2.72 bits per heavy atom. The molecule has 2 aliphatic heterocycles. The standard InChI is InChI=1S/C19H31F2N4O6P/c1-10(2)30-18(27)11(3)24-32(6,28)29-8-14-19(5,9-26)15(21)17(31-14)25-7-13(20)16(22)23-12(25)4/h7,10-11,14-15,17,26H,4,8-9H2,1-3,5-6H3,(H2,22,23)(H,24,28)/t11-,14+,15?,17+,19-,32?/m0/s1. The number of hydrogen-bond donors (Lipinski definition) is 3. The number of nitrogens with two attached hydrogens (primary N) is 1. The van der Waals surface area contributed by atoms with E-state index in [1.807, 2.05) is 0 Å². The Kier molecular flexibility index (Phi) is 8.22. The third-order valence-electron chi connectivity index (χ3n) is 5.18. The van der Waals surface area contributed by atoms with E-state index < -0.39 is 61.7 Å². The fraction of sp³-hybridized carbons (Fsp3) is 0.684. The van der Waals surface area contributed by atoms with Gasteiger partial charge in [0.1, 0.15) is 11.9 Å². The third-order valence-corrected chi connectivity index (χ3v) is 6.68. The van der Waals surface area contributed by atoms with E-state index in [-0.39, 0.29) is 18.5 Å². The molecule has 182 valence electrons. The van der Waals surface area contributed by atoms with Gasteiger partial charge in [-0.05, 0) is 20.8 Å². The van der Waals surface area contributed by atoms with Gasteiger partial charge in [-0.15, -0.1) is 0 Å². The molecule has 4 N–H and O–H groups in total. The van der Waals surface area contributed by atoms with Crippen molar-refractivity contribution in [2.45, 2.75) is 58.3 Å². The highest BCUT2D eigenvalue weighted by atomic mass is 31.2. The molecular formula is C19H31F2N4O6P. The summed E-state index contributed by atoms with van der Waals surface area (Å²) in [5.41, 5.74) is 3.94. The number of hydrogen-bond acceptors (Lipinski definition) is 9. The van der Waals surface area contributed by atoms with Gasteiger partial charge in [0.25, 0.3) is 7.52 Å². The summed E-state index contributed by atoms with van der Waals surface area (Å²) in [4.78, 5) is 16.7. The normalized spacial score (nSPS) is 31.2. The van der Waals surface area contributed by atoms with Crippen molar-refractivity contribution >= 4 is 19.3 Å². The molecule has 1 saturated heterocycles. The summed E-state index contributed by atoms with van der Waals surface area (Å²) in [6, 6.07) is -0.920. The van der Waals surface area contributed by atoms with E-state index in [4.69, 9.17) is 19.7 Å². The maximum absolute atomic E-state index is 15.3. The first-order valence-electron chi connectivity index (χ1n) is 10.0. The number of halogens is 2. The summed E-state index contributed by atoms with van der Waals surface area (Å²) < 4.78 is 58.2. The smallest absolute Gasteiger partial charge is 0.323 e. The maximum Gasteiger partial charge on any atom is 0.323 e. The minimum Gasteiger partial charge on any atom is -0.462 e. The molecule has 0 aromatic rings. The van der Waals surface area contributed by atoms with Crippen LogP contribution in [0.2, 0.25) is 0 Å².